The van der Waals surface area contributed by atoms with Gasteiger partial charge in [0, 0.05) is 18.3 Å². The van der Waals surface area contributed by atoms with E-state index >= 15 is 0 Å². The summed E-state index contributed by atoms with van der Waals surface area (Å²) in [5.74, 6) is -0.895. The zero-order valence-electron chi connectivity index (χ0n) is 14.8. The van der Waals surface area contributed by atoms with Gasteiger partial charge in [0.1, 0.15) is 10.8 Å². The molecule has 142 valence electrons. The molecule has 0 spiro atoms. The number of anilines is 1. The number of nitrogens with zero attached hydrogens (tertiary/aromatic N) is 1. The maximum atomic E-state index is 12.0. The number of rotatable bonds is 7. The third kappa shape index (κ3) is 5.68. The van der Waals surface area contributed by atoms with Crippen LogP contribution in [0.1, 0.15) is 5.56 Å². The molecule has 0 atom stereocenters. The summed E-state index contributed by atoms with van der Waals surface area (Å²) in [7, 11) is 2.77. The molecule has 0 aliphatic heterocycles. The fourth-order valence-electron chi connectivity index (χ4n) is 2.21. The summed E-state index contributed by atoms with van der Waals surface area (Å²) in [6, 6.07) is 11.6. The Bertz CT molecular complexity index is 839. The highest BCUT2D eigenvalue weighted by atomic mass is 35.5. The van der Waals surface area contributed by atoms with Crippen LogP contribution in [0.15, 0.2) is 42.5 Å². The lowest BCUT2D eigenvalue weighted by Crippen LogP contribution is -2.36. The van der Waals surface area contributed by atoms with Crippen LogP contribution in [0.25, 0.3) is 0 Å². The Balaban J connectivity index is 1.88. The molecule has 0 bridgehead atoms. The Labute approximate surface area is 160 Å². The van der Waals surface area contributed by atoms with Gasteiger partial charge in [0.15, 0.2) is 7.11 Å². The van der Waals surface area contributed by atoms with Crippen molar-refractivity contribution >= 4 is 34.8 Å². The highest BCUT2D eigenvalue weighted by Crippen LogP contribution is 2.27. The van der Waals surface area contributed by atoms with E-state index in [1.54, 1.807) is 7.11 Å². The molecule has 8 nitrogen and oxygen atoms in total. The van der Waals surface area contributed by atoms with Gasteiger partial charge in [-0.25, -0.2) is 4.84 Å². The number of ether oxygens (including phenoxy) is 1. The van der Waals surface area contributed by atoms with E-state index in [4.69, 9.17) is 16.3 Å². The maximum absolute atomic E-state index is 12.0. The average Bonchev–Trinajstić information content (AvgIpc) is 2.69. The van der Waals surface area contributed by atoms with Gasteiger partial charge in [-0.15, -0.1) is 0 Å². The fourth-order valence-corrected chi connectivity index (χ4v) is 2.40. The topological polar surface area (TPSA) is 96.7 Å². The molecule has 0 saturated heterocycles. The van der Waals surface area contributed by atoms with Crippen LogP contribution >= 0.6 is 11.6 Å². The van der Waals surface area contributed by atoms with E-state index in [2.05, 4.69) is 15.5 Å². The standard InChI is InChI=1S/C18H18ClN3O5/c1-26-14-6-3-12(4-7-14)9-10-20-17(23)18(24)21-13-5-8-15(19)16(11-13)22(25)27-2/h3-8,11H,9-10H2,1-2H3,(H-,20,21,23,24)/p+1. The monoisotopic (exact) mass is 392 g/mol. The number of amides is 2. The highest BCUT2D eigenvalue weighted by molar-refractivity contribution is 6.39. The van der Waals surface area contributed by atoms with Gasteiger partial charge in [0.05, 0.1) is 12.0 Å². The van der Waals surface area contributed by atoms with E-state index < -0.39 is 11.8 Å². The van der Waals surface area contributed by atoms with Crippen LogP contribution < -0.4 is 15.4 Å². The van der Waals surface area contributed by atoms with Crippen LogP contribution in [-0.4, -0.2) is 37.5 Å². The van der Waals surface area contributed by atoms with E-state index in [9.17, 15) is 14.5 Å². The lowest BCUT2D eigenvalue weighted by atomic mass is 10.1. The average molecular weight is 393 g/mol. The number of methoxy groups -OCH3 is 1. The molecular formula is C18H19ClN3O5+. The first-order chi connectivity index (χ1) is 12.9. The van der Waals surface area contributed by atoms with E-state index in [-0.39, 0.29) is 21.3 Å². The smallest absolute Gasteiger partial charge is 0.337 e. The zero-order chi connectivity index (χ0) is 19.8. The molecule has 0 radical (unpaired) electrons. The minimum Gasteiger partial charge on any atom is -0.497 e. The van der Waals surface area contributed by atoms with Gasteiger partial charge in [-0.1, -0.05) is 23.7 Å². The molecule has 0 unspecified atom stereocenters. The molecule has 0 aliphatic rings. The first-order valence-electron chi connectivity index (χ1n) is 7.97. The summed E-state index contributed by atoms with van der Waals surface area (Å²) in [5, 5.41) is 5.09. The molecule has 27 heavy (non-hydrogen) atoms. The van der Waals surface area contributed by atoms with Gasteiger partial charge in [0.25, 0.3) is 4.92 Å². The van der Waals surface area contributed by atoms with Crippen molar-refractivity contribution < 1.29 is 24.1 Å². The molecule has 9 heteroatoms. The van der Waals surface area contributed by atoms with Crippen molar-refractivity contribution in [2.24, 2.45) is 0 Å². The van der Waals surface area contributed by atoms with Crippen molar-refractivity contribution in [2.75, 3.05) is 26.1 Å². The quantitative estimate of drug-likeness (QED) is 0.557. The SMILES string of the molecule is COc1ccc(CCNC(=O)C(=O)Nc2ccc(Cl)c([N+](=O)OC)c2)cc1. The summed E-state index contributed by atoms with van der Waals surface area (Å²) >= 11 is 5.89. The van der Waals surface area contributed by atoms with Crippen LogP contribution in [0, 0.1) is 4.91 Å². The second-order valence-corrected chi connectivity index (χ2v) is 5.82. The normalized spacial score (nSPS) is 10.0. The van der Waals surface area contributed by atoms with E-state index in [1.807, 2.05) is 24.3 Å². The van der Waals surface area contributed by atoms with Crippen LogP contribution in [0.4, 0.5) is 11.4 Å². The second kappa shape index (κ2) is 9.54. The molecule has 2 aromatic carbocycles. The van der Waals surface area contributed by atoms with E-state index in [1.165, 1.54) is 25.3 Å². The number of hydrogen-bond acceptors (Lipinski definition) is 5. The summed E-state index contributed by atoms with van der Waals surface area (Å²) in [5.41, 5.74) is 1.24. The predicted molar refractivity (Wildman–Crippen MR) is 100 cm³/mol. The largest absolute Gasteiger partial charge is 0.497 e. The van der Waals surface area contributed by atoms with Gasteiger partial charge in [-0.3, -0.25) is 9.59 Å². The second-order valence-electron chi connectivity index (χ2n) is 5.41. The highest BCUT2D eigenvalue weighted by Gasteiger charge is 2.22. The first-order valence-corrected chi connectivity index (χ1v) is 8.35. The number of hydrogen-bond donors (Lipinski definition) is 2. The Kier molecular flexibility index (Phi) is 7.13. The molecule has 0 saturated carbocycles. The zero-order valence-corrected chi connectivity index (χ0v) is 15.6. The Hall–Kier alpha value is -3.13. The lowest BCUT2D eigenvalue weighted by molar-refractivity contribution is -0.736. The number of benzene rings is 2. The Morgan fingerprint density at radius 3 is 2.41 bits per heavy atom. The fraction of sp³-hybridized carbons (Fsp3) is 0.222. The third-order valence-corrected chi connectivity index (χ3v) is 3.95. The minimum atomic E-state index is -0.854. The molecule has 2 N–H and O–H groups in total. The molecule has 0 fully saturated rings. The first kappa shape index (κ1) is 20.2. The van der Waals surface area contributed by atoms with Gasteiger partial charge in [-0.2, -0.15) is 0 Å². The van der Waals surface area contributed by atoms with Gasteiger partial charge >= 0.3 is 17.5 Å². The number of halogens is 1. The Morgan fingerprint density at radius 1 is 1.07 bits per heavy atom. The van der Waals surface area contributed by atoms with E-state index in [0.29, 0.717) is 13.0 Å². The summed E-state index contributed by atoms with van der Waals surface area (Å²) in [6.45, 7) is 0.294. The van der Waals surface area contributed by atoms with Crippen molar-refractivity contribution in [2.45, 2.75) is 6.42 Å². The lowest BCUT2D eigenvalue weighted by Gasteiger charge is -2.07. The maximum Gasteiger partial charge on any atom is 0.337 e. The van der Waals surface area contributed by atoms with Crippen LogP contribution in [0.2, 0.25) is 5.02 Å². The third-order valence-electron chi connectivity index (χ3n) is 3.63. The van der Waals surface area contributed by atoms with Crippen molar-refractivity contribution in [1.82, 2.24) is 5.32 Å². The van der Waals surface area contributed by atoms with Crippen LogP contribution in [0.3, 0.4) is 0 Å². The molecule has 0 aliphatic carbocycles. The minimum absolute atomic E-state index is 0.0110. The van der Waals surface area contributed by atoms with Crippen molar-refractivity contribution in [3.8, 4) is 5.75 Å². The molecule has 2 rings (SSSR count). The summed E-state index contributed by atoms with van der Waals surface area (Å²) in [6.07, 6.45) is 0.563. The molecule has 2 amide bonds. The summed E-state index contributed by atoms with van der Waals surface area (Å²) < 4.78 is 5.08. The van der Waals surface area contributed by atoms with E-state index in [0.717, 1.165) is 11.3 Å². The van der Waals surface area contributed by atoms with Crippen molar-refractivity contribution in [3.05, 3.63) is 58.0 Å². The number of nitrogens with one attached hydrogen (secondary N) is 2. The molecule has 0 aromatic heterocycles. The summed E-state index contributed by atoms with van der Waals surface area (Å²) in [4.78, 5) is 40.2. The molecular weight excluding hydrogens is 374 g/mol. The van der Waals surface area contributed by atoms with Gasteiger partial charge in [-0.05, 0) is 36.2 Å². The van der Waals surface area contributed by atoms with Gasteiger partial charge in [0.2, 0.25) is 0 Å². The van der Waals surface area contributed by atoms with Gasteiger partial charge < -0.3 is 15.4 Å². The molecule has 0 heterocycles. The van der Waals surface area contributed by atoms with Crippen LogP contribution in [-0.2, 0) is 20.8 Å². The Morgan fingerprint density at radius 2 is 1.78 bits per heavy atom. The number of carbonyl (C=O) groups is 2. The molecule has 2 aromatic rings. The number of carbonyl (C=O) groups excluding carboxylic acids is 2. The predicted octanol–water partition coefficient (Wildman–Crippen LogP) is 2.62. The van der Waals surface area contributed by atoms with Crippen molar-refractivity contribution in [1.29, 1.82) is 0 Å². The van der Waals surface area contributed by atoms with Crippen LogP contribution in [0.5, 0.6) is 5.75 Å². The van der Waals surface area contributed by atoms with Crippen molar-refractivity contribution in [3.63, 3.8) is 0 Å².